The fraction of sp³-hybridized carbons (Fsp3) is 0.267. The third-order valence-corrected chi connectivity index (χ3v) is 3.39. The van der Waals surface area contributed by atoms with Crippen LogP contribution in [0.1, 0.15) is 34.6 Å². The van der Waals surface area contributed by atoms with Crippen LogP contribution in [0.2, 0.25) is 0 Å². The molecule has 0 spiro atoms. The van der Waals surface area contributed by atoms with E-state index in [2.05, 4.69) is 9.97 Å². The normalized spacial score (nSPS) is 12.8. The maximum atomic E-state index is 12.5. The van der Waals surface area contributed by atoms with Gasteiger partial charge < -0.3 is 4.90 Å². The minimum Gasteiger partial charge on any atom is -0.333 e. The van der Waals surface area contributed by atoms with E-state index in [0.717, 1.165) is 12.1 Å². The average molecular weight is 309 g/mol. The van der Waals surface area contributed by atoms with Gasteiger partial charge in [0.1, 0.15) is 6.33 Å². The number of amides is 1. The van der Waals surface area contributed by atoms with Crippen molar-refractivity contribution in [2.45, 2.75) is 19.1 Å². The first kappa shape index (κ1) is 15.9. The van der Waals surface area contributed by atoms with Crippen LogP contribution in [-0.4, -0.2) is 27.8 Å². The fourth-order valence-corrected chi connectivity index (χ4v) is 1.93. The molecular weight excluding hydrogens is 295 g/mol. The van der Waals surface area contributed by atoms with Crippen molar-refractivity contribution in [2.75, 3.05) is 7.05 Å². The van der Waals surface area contributed by atoms with Gasteiger partial charge in [0.25, 0.3) is 5.91 Å². The monoisotopic (exact) mass is 309 g/mol. The van der Waals surface area contributed by atoms with Gasteiger partial charge in [-0.3, -0.25) is 4.79 Å². The second kappa shape index (κ2) is 6.13. The quantitative estimate of drug-likeness (QED) is 0.873. The lowest BCUT2D eigenvalue weighted by Gasteiger charge is -2.24. The van der Waals surface area contributed by atoms with Crippen LogP contribution in [-0.2, 0) is 6.18 Å². The van der Waals surface area contributed by atoms with Crippen molar-refractivity contribution in [3.63, 3.8) is 0 Å². The molecule has 0 N–H and O–H groups in total. The van der Waals surface area contributed by atoms with Crippen LogP contribution in [0.25, 0.3) is 0 Å². The summed E-state index contributed by atoms with van der Waals surface area (Å²) < 4.78 is 37.6. The lowest BCUT2D eigenvalue weighted by molar-refractivity contribution is -0.137. The Hall–Kier alpha value is -2.44. The topological polar surface area (TPSA) is 46.1 Å². The third-order valence-electron chi connectivity index (χ3n) is 3.39. The summed E-state index contributed by atoms with van der Waals surface area (Å²) in [5.41, 5.74) is 0.0599. The summed E-state index contributed by atoms with van der Waals surface area (Å²) in [6.07, 6.45) is -1.47. The molecule has 0 unspecified atom stereocenters. The van der Waals surface area contributed by atoms with E-state index < -0.39 is 11.7 Å². The predicted molar refractivity (Wildman–Crippen MR) is 74.0 cm³/mol. The van der Waals surface area contributed by atoms with Crippen molar-refractivity contribution in [3.05, 3.63) is 59.7 Å². The first-order chi connectivity index (χ1) is 10.3. The molecule has 0 saturated heterocycles. The van der Waals surface area contributed by atoms with Gasteiger partial charge in [0, 0.05) is 18.8 Å². The molecule has 0 radical (unpaired) electrons. The lowest BCUT2D eigenvalue weighted by atomic mass is 10.1. The first-order valence-electron chi connectivity index (χ1n) is 6.51. The molecule has 1 atom stereocenters. The second-order valence-electron chi connectivity index (χ2n) is 4.80. The van der Waals surface area contributed by atoms with Crippen molar-refractivity contribution in [1.29, 1.82) is 0 Å². The van der Waals surface area contributed by atoms with Crippen LogP contribution in [0, 0.1) is 0 Å². The van der Waals surface area contributed by atoms with Crippen LogP contribution < -0.4 is 0 Å². The summed E-state index contributed by atoms with van der Waals surface area (Å²) in [6.45, 7) is 1.78. The number of alkyl halides is 3. The predicted octanol–water partition coefficient (Wildman–Crippen LogP) is 3.33. The first-order valence-corrected chi connectivity index (χ1v) is 6.51. The number of benzene rings is 1. The molecule has 1 aromatic heterocycles. The van der Waals surface area contributed by atoms with E-state index in [1.54, 1.807) is 26.2 Å². The molecule has 0 aliphatic rings. The molecule has 0 fully saturated rings. The minimum atomic E-state index is -4.41. The lowest BCUT2D eigenvalue weighted by Crippen LogP contribution is -2.30. The summed E-state index contributed by atoms with van der Waals surface area (Å²) in [7, 11) is 1.58. The number of hydrogen-bond acceptors (Lipinski definition) is 3. The average Bonchev–Trinajstić information content (AvgIpc) is 2.53. The van der Waals surface area contributed by atoms with Gasteiger partial charge in [0.05, 0.1) is 17.3 Å². The summed E-state index contributed by atoms with van der Waals surface area (Å²) in [5, 5.41) is 0. The summed E-state index contributed by atoms with van der Waals surface area (Å²) in [6, 6.07) is 5.51. The molecule has 7 heteroatoms. The molecule has 1 heterocycles. The van der Waals surface area contributed by atoms with Gasteiger partial charge >= 0.3 is 6.18 Å². The van der Waals surface area contributed by atoms with E-state index >= 15 is 0 Å². The van der Waals surface area contributed by atoms with Gasteiger partial charge in [-0.2, -0.15) is 13.2 Å². The molecule has 116 valence electrons. The van der Waals surface area contributed by atoms with Gasteiger partial charge in [-0.25, -0.2) is 9.97 Å². The molecular formula is C15H14F3N3O. The van der Waals surface area contributed by atoms with E-state index in [-0.39, 0.29) is 17.5 Å². The molecule has 0 saturated carbocycles. The van der Waals surface area contributed by atoms with E-state index in [1.165, 1.54) is 23.4 Å². The highest BCUT2D eigenvalue weighted by molar-refractivity contribution is 5.94. The van der Waals surface area contributed by atoms with Gasteiger partial charge in [0.2, 0.25) is 0 Å². The molecule has 4 nitrogen and oxygen atoms in total. The standard InChI is InChI=1S/C15H14F3N3O/c1-10(13-7-8-19-9-20-13)21(2)14(22)11-3-5-12(6-4-11)15(16,17)18/h3-10H,1-2H3/t10-/m0/s1. The third kappa shape index (κ3) is 3.41. The molecule has 2 aromatic rings. The molecule has 0 aliphatic carbocycles. The Kier molecular flexibility index (Phi) is 4.44. The van der Waals surface area contributed by atoms with Gasteiger partial charge in [0.15, 0.2) is 0 Å². The van der Waals surface area contributed by atoms with Crippen LogP contribution >= 0.6 is 0 Å². The van der Waals surface area contributed by atoms with Gasteiger partial charge in [-0.15, -0.1) is 0 Å². The van der Waals surface area contributed by atoms with E-state index in [1.807, 2.05) is 0 Å². The Bertz CT molecular complexity index is 641. The Morgan fingerprint density at radius 3 is 2.32 bits per heavy atom. The number of carbonyl (C=O) groups excluding carboxylic acids is 1. The molecule has 1 aromatic carbocycles. The zero-order valence-electron chi connectivity index (χ0n) is 12.0. The maximum Gasteiger partial charge on any atom is 0.416 e. The number of nitrogens with zero attached hydrogens (tertiary/aromatic N) is 3. The van der Waals surface area contributed by atoms with Crippen molar-refractivity contribution in [1.82, 2.24) is 14.9 Å². The summed E-state index contributed by atoms with van der Waals surface area (Å²) in [5.74, 6) is -0.375. The zero-order chi connectivity index (χ0) is 16.3. The summed E-state index contributed by atoms with van der Waals surface area (Å²) in [4.78, 5) is 21.6. The Morgan fingerprint density at radius 1 is 1.18 bits per heavy atom. The number of carbonyl (C=O) groups is 1. The molecule has 22 heavy (non-hydrogen) atoms. The molecule has 0 aliphatic heterocycles. The number of halogens is 3. The van der Waals surface area contributed by atoms with Crippen molar-refractivity contribution >= 4 is 5.91 Å². The zero-order valence-corrected chi connectivity index (χ0v) is 12.0. The second-order valence-corrected chi connectivity index (χ2v) is 4.80. The highest BCUT2D eigenvalue weighted by atomic mass is 19.4. The van der Waals surface area contributed by atoms with E-state index in [9.17, 15) is 18.0 Å². The van der Waals surface area contributed by atoms with Crippen molar-refractivity contribution < 1.29 is 18.0 Å². The fourth-order valence-electron chi connectivity index (χ4n) is 1.93. The highest BCUT2D eigenvalue weighted by Gasteiger charge is 2.30. The van der Waals surface area contributed by atoms with Crippen molar-refractivity contribution in [3.8, 4) is 0 Å². The van der Waals surface area contributed by atoms with Crippen LogP contribution in [0.5, 0.6) is 0 Å². The van der Waals surface area contributed by atoms with Crippen LogP contribution in [0.15, 0.2) is 42.9 Å². The summed E-state index contributed by atoms with van der Waals surface area (Å²) >= 11 is 0. The number of rotatable bonds is 3. The Labute approximate surface area is 125 Å². The van der Waals surface area contributed by atoms with Crippen LogP contribution in [0.3, 0.4) is 0 Å². The van der Waals surface area contributed by atoms with Crippen LogP contribution in [0.4, 0.5) is 13.2 Å². The van der Waals surface area contributed by atoms with Crippen molar-refractivity contribution in [2.24, 2.45) is 0 Å². The van der Waals surface area contributed by atoms with Gasteiger partial charge in [-0.1, -0.05) is 0 Å². The molecule has 1 amide bonds. The largest absolute Gasteiger partial charge is 0.416 e. The Morgan fingerprint density at radius 2 is 1.82 bits per heavy atom. The molecule has 0 bridgehead atoms. The number of hydrogen-bond donors (Lipinski definition) is 0. The maximum absolute atomic E-state index is 12.5. The minimum absolute atomic E-state index is 0.191. The highest BCUT2D eigenvalue weighted by Crippen LogP contribution is 2.29. The SMILES string of the molecule is C[C@@H](c1ccncn1)N(C)C(=O)c1ccc(C(F)(F)F)cc1. The smallest absolute Gasteiger partial charge is 0.333 e. The van der Waals surface area contributed by atoms with Gasteiger partial charge in [-0.05, 0) is 37.3 Å². The molecule has 2 rings (SSSR count). The number of aromatic nitrogens is 2. The van der Waals surface area contributed by atoms with E-state index in [4.69, 9.17) is 0 Å². The Balaban J connectivity index is 2.17. The van der Waals surface area contributed by atoms with E-state index in [0.29, 0.717) is 5.69 Å².